The van der Waals surface area contributed by atoms with Gasteiger partial charge in [0.25, 0.3) is 0 Å². The van der Waals surface area contributed by atoms with Gasteiger partial charge in [-0.1, -0.05) is 18.5 Å². The number of hydrogen-bond donors (Lipinski definition) is 0. The van der Waals surface area contributed by atoms with Crippen molar-refractivity contribution in [1.29, 1.82) is 0 Å². The predicted molar refractivity (Wildman–Crippen MR) is 55.7 cm³/mol. The quantitative estimate of drug-likeness (QED) is 0.758. The molecule has 2 heterocycles. The van der Waals surface area contributed by atoms with E-state index in [2.05, 4.69) is 17.0 Å². The van der Waals surface area contributed by atoms with Crippen LogP contribution in [0.5, 0.6) is 0 Å². The minimum atomic E-state index is 0.638. The van der Waals surface area contributed by atoms with Gasteiger partial charge in [0.15, 0.2) is 5.82 Å². The molecule has 0 atom stereocenters. The van der Waals surface area contributed by atoms with Gasteiger partial charge in [-0.05, 0) is 24.6 Å². The molecule has 0 aliphatic heterocycles. The Labute approximate surface area is 87.3 Å². The van der Waals surface area contributed by atoms with Crippen LogP contribution in [-0.4, -0.2) is 14.8 Å². The number of hydrogen-bond acceptors (Lipinski definition) is 2. The maximum atomic E-state index is 5.75. The molecule has 0 unspecified atom stereocenters. The van der Waals surface area contributed by atoms with Crippen LogP contribution < -0.4 is 0 Å². The molecule has 0 aliphatic carbocycles. The number of aryl methyl sites for hydroxylation is 1. The van der Waals surface area contributed by atoms with Gasteiger partial charge in [-0.3, -0.25) is 0 Å². The Morgan fingerprint density at radius 2 is 2.21 bits per heavy atom. The lowest BCUT2D eigenvalue weighted by Crippen LogP contribution is -2.02. The Morgan fingerprint density at radius 1 is 1.36 bits per heavy atom. The summed E-state index contributed by atoms with van der Waals surface area (Å²) in [5.74, 6) is 0.802. The summed E-state index contributed by atoms with van der Waals surface area (Å²) in [6, 6.07) is 5.65. The lowest BCUT2D eigenvalue weighted by molar-refractivity contribution is 0.789. The highest BCUT2D eigenvalue weighted by atomic mass is 35.5. The first-order valence-electron chi connectivity index (χ1n) is 4.46. The summed E-state index contributed by atoms with van der Waals surface area (Å²) in [7, 11) is 0. The Kier molecular flexibility index (Phi) is 2.50. The fraction of sp³-hybridized carbons (Fsp3) is 0.200. The van der Waals surface area contributed by atoms with E-state index in [9.17, 15) is 0 Å². The van der Waals surface area contributed by atoms with Crippen molar-refractivity contribution in [2.24, 2.45) is 0 Å². The number of aromatic nitrogens is 3. The second-order valence-electron chi connectivity index (χ2n) is 2.92. The second-order valence-corrected chi connectivity index (χ2v) is 3.36. The van der Waals surface area contributed by atoms with E-state index in [0.717, 1.165) is 17.9 Å². The molecular formula is C10H10ClN3. The summed E-state index contributed by atoms with van der Waals surface area (Å²) in [5, 5.41) is 4.84. The zero-order chi connectivity index (χ0) is 9.97. The van der Waals surface area contributed by atoms with E-state index in [1.807, 2.05) is 22.9 Å². The number of nitrogens with zero attached hydrogens (tertiary/aromatic N) is 3. The molecule has 4 heteroatoms. The van der Waals surface area contributed by atoms with Crippen LogP contribution in [0.3, 0.4) is 0 Å². The maximum absolute atomic E-state index is 5.75. The van der Waals surface area contributed by atoms with Crippen molar-refractivity contribution >= 4 is 11.6 Å². The highest BCUT2D eigenvalue weighted by molar-refractivity contribution is 6.30. The molecule has 0 amide bonds. The number of pyridine rings is 1. The third-order valence-electron chi connectivity index (χ3n) is 2.01. The summed E-state index contributed by atoms with van der Waals surface area (Å²) in [6.45, 7) is 2.09. The summed E-state index contributed by atoms with van der Waals surface area (Å²) in [4.78, 5) is 4.20. The average molecular weight is 208 g/mol. The summed E-state index contributed by atoms with van der Waals surface area (Å²) in [5.41, 5.74) is 1.14. The molecule has 2 aromatic rings. The Morgan fingerprint density at radius 3 is 2.86 bits per heavy atom. The van der Waals surface area contributed by atoms with Crippen LogP contribution in [0.15, 0.2) is 30.6 Å². The van der Waals surface area contributed by atoms with Gasteiger partial charge in [-0.15, -0.1) is 0 Å². The van der Waals surface area contributed by atoms with Crippen molar-refractivity contribution in [1.82, 2.24) is 14.8 Å². The SMILES string of the molecule is CCc1ccnn1-c1ccc(Cl)cn1. The van der Waals surface area contributed by atoms with Gasteiger partial charge in [0, 0.05) is 18.1 Å². The smallest absolute Gasteiger partial charge is 0.153 e. The molecule has 3 nitrogen and oxygen atoms in total. The standard InChI is InChI=1S/C10H10ClN3/c1-2-9-5-6-13-14(9)10-4-3-8(11)7-12-10/h3-7H,2H2,1H3. The summed E-state index contributed by atoms with van der Waals surface area (Å²) < 4.78 is 1.82. The molecule has 0 saturated heterocycles. The van der Waals surface area contributed by atoms with Gasteiger partial charge in [0.2, 0.25) is 0 Å². The molecule has 0 aliphatic rings. The summed E-state index contributed by atoms with van der Waals surface area (Å²) >= 11 is 5.75. The van der Waals surface area contributed by atoms with Gasteiger partial charge in [0.05, 0.1) is 5.02 Å². The van der Waals surface area contributed by atoms with E-state index in [4.69, 9.17) is 11.6 Å². The summed E-state index contributed by atoms with van der Waals surface area (Å²) in [6.07, 6.45) is 4.33. The Balaban J connectivity index is 2.44. The largest absolute Gasteiger partial charge is 0.236 e. The molecule has 0 radical (unpaired) electrons. The van der Waals surface area contributed by atoms with Crippen molar-refractivity contribution in [3.63, 3.8) is 0 Å². The zero-order valence-electron chi connectivity index (χ0n) is 7.81. The van der Waals surface area contributed by atoms with Crippen LogP contribution in [-0.2, 0) is 6.42 Å². The van der Waals surface area contributed by atoms with Gasteiger partial charge in [-0.2, -0.15) is 5.10 Å². The first kappa shape index (κ1) is 9.21. The second kappa shape index (κ2) is 3.80. The van der Waals surface area contributed by atoms with E-state index in [0.29, 0.717) is 5.02 Å². The van der Waals surface area contributed by atoms with E-state index in [1.165, 1.54) is 0 Å². The van der Waals surface area contributed by atoms with Crippen molar-refractivity contribution in [2.45, 2.75) is 13.3 Å². The monoisotopic (exact) mass is 207 g/mol. The molecule has 0 fully saturated rings. The van der Waals surface area contributed by atoms with Crippen LogP contribution in [0.2, 0.25) is 5.02 Å². The van der Waals surface area contributed by atoms with E-state index >= 15 is 0 Å². The minimum Gasteiger partial charge on any atom is -0.236 e. The van der Waals surface area contributed by atoms with Crippen molar-refractivity contribution in [3.05, 3.63) is 41.3 Å². The molecule has 0 aromatic carbocycles. The fourth-order valence-corrected chi connectivity index (χ4v) is 1.41. The van der Waals surface area contributed by atoms with E-state index < -0.39 is 0 Å². The Hall–Kier alpha value is -1.35. The number of halogens is 1. The zero-order valence-corrected chi connectivity index (χ0v) is 8.57. The first-order valence-corrected chi connectivity index (χ1v) is 4.84. The van der Waals surface area contributed by atoms with Gasteiger partial charge in [-0.25, -0.2) is 9.67 Å². The van der Waals surface area contributed by atoms with Gasteiger partial charge in [0.1, 0.15) is 0 Å². The molecule has 0 bridgehead atoms. The topological polar surface area (TPSA) is 30.7 Å². The maximum Gasteiger partial charge on any atom is 0.153 e. The molecular weight excluding hydrogens is 198 g/mol. The van der Waals surface area contributed by atoms with Crippen LogP contribution in [0.25, 0.3) is 5.82 Å². The lowest BCUT2D eigenvalue weighted by Gasteiger charge is -2.03. The Bertz CT molecular complexity index is 419. The normalized spacial score (nSPS) is 10.4. The molecule has 14 heavy (non-hydrogen) atoms. The fourth-order valence-electron chi connectivity index (χ4n) is 1.30. The average Bonchev–Trinajstić information content (AvgIpc) is 2.67. The minimum absolute atomic E-state index is 0.638. The van der Waals surface area contributed by atoms with Gasteiger partial charge >= 0.3 is 0 Å². The van der Waals surface area contributed by atoms with Crippen molar-refractivity contribution < 1.29 is 0 Å². The predicted octanol–water partition coefficient (Wildman–Crippen LogP) is 2.48. The van der Waals surface area contributed by atoms with Crippen LogP contribution >= 0.6 is 11.6 Å². The molecule has 2 rings (SSSR count). The van der Waals surface area contributed by atoms with E-state index in [-0.39, 0.29) is 0 Å². The molecule has 0 saturated carbocycles. The van der Waals surface area contributed by atoms with Gasteiger partial charge < -0.3 is 0 Å². The first-order chi connectivity index (χ1) is 6.81. The molecule has 0 spiro atoms. The van der Waals surface area contributed by atoms with Crippen LogP contribution in [0.4, 0.5) is 0 Å². The highest BCUT2D eigenvalue weighted by Gasteiger charge is 2.03. The third kappa shape index (κ3) is 1.63. The van der Waals surface area contributed by atoms with Crippen LogP contribution in [0, 0.1) is 0 Å². The van der Waals surface area contributed by atoms with Crippen LogP contribution in [0.1, 0.15) is 12.6 Å². The molecule has 0 N–H and O–H groups in total. The third-order valence-corrected chi connectivity index (χ3v) is 2.24. The lowest BCUT2D eigenvalue weighted by atomic mass is 10.3. The number of rotatable bonds is 2. The van der Waals surface area contributed by atoms with Crippen molar-refractivity contribution in [3.8, 4) is 5.82 Å². The highest BCUT2D eigenvalue weighted by Crippen LogP contribution is 2.11. The molecule has 72 valence electrons. The van der Waals surface area contributed by atoms with Crippen molar-refractivity contribution in [2.75, 3.05) is 0 Å². The van der Waals surface area contributed by atoms with E-state index in [1.54, 1.807) is 12.4 Å². The molecule has 2 aromatic heterocycles.